The molecule has 1 aromatic carbocycles. The molecule has 0 unspecified atom stereocenters. The second kappa shape index (κ2) is 8.15. The molecule has 0 spiro atoms. The average Bonchev–Trinajstić information content (AvgIpc) is 2.43. The van der Waals surface area contributed by atoms with E-state index in [2.05, 4.69) is 10.0 Å². The molecule has 20 heavy (non-hydrogen) atoms. The first-order valence-electron chi connectivity index (χ1n) is 6.04. The minimum atomic E-state index is -3.67. The SMILES string of the molecule is COCCNCCNS(=O)(=O)c1ccc(F)c(OC)c1. The van der Waals surface area contributed by atoms with Crippen LogP contribution in [0.4, 0.5) is 4.39 Å². The molecule has 1 aromatic rings. The highest BCUT2D eigenvalue weighted by molar-refractivity contribution is 7.89. The van der Waals surface area contributed by atoms with E-state index in [1.54, 1.807) is 7.11 Å². The molecule has 8 heteroatoms. The predicted molar refractivity (Wildman–Crippen MR) is 72.9 cm³/mol. The third-order valence-corrected chi connectivity index (χ3v) is 3.97. The summed E-state index contributed by atoms with van der Waals surface area (Å²) in [6, 6.07) is 3.40. The van der Waals surface area contributed by atoms with Crippen LogP contribution in [0.25, 0.3) is 0 Å². The molecule has 0 amide bonds. The van der Waals surface area contributed by atoms with E-state index in [0.717, 1.165) is 12.1 Å². The third kappa shape index (κ3) is 5.04. The van der Waals surface area contributed by atoms with Gasteiger partial charge in [-0.3, -0.25) is 0 Å². The zero-order valence-electron chi connectivity index (χ0n) is 11.5. The van der Waals surface area contributed by atoms with Gasteiger partial charge in [0.2, 0.25) is 10.0 Å². The van der Waals surface area contributed by atoms with Crippen LogP contribution in [-0.2, 0) is 14.8 Å². The number of hydrogen-bond acceptors (Lipinski definition) is 5. The molecule has 6 nitrogen and oxygen atoms in total. The van der Waals surface area contributed by atoms with E-state index in [1.165, 1.54) is 13.2 Å². The maximum Gasteiger partial charge on any atom is 0.240 e. The monoisotopic (exact) mass is 306 g/mol. The van der Waals surface area contributed by atoms with Crippen molar-refractivity contribution >= 4 is 10.0 Å². The van der Waals surface area contributed by atoms with Crippen molar-refractivity contribution in [2.45, 2.75) is 4.90 Å². The maximum atomic E-state index is 13.2. The van der Waals surface area contributed by atoms with E-state index >= 15 is 0 Å². The molecule has 0 aliphatic heterocycles. The van der Waals surface area contributed by atoms with E-state index in [-0.39, 0.29) is 17.2 Å². The van der Waals surface area contributed by atoms with Gasteiger partial charge in [0.1, 0.15) is 0 Å². The quantitative estimate of drug-likeness (QED) is 0.644. The molecular formula is C12H19FN2O4S. The minimum absolute atomic E-state index is 0.0346. The number of halogens is 1. The highest BCUT2D eigenvalue weighted by atomic mass is 32.2. The van der Waals surface area contributed by atoms with Gasteiger partial charge in [0, 0.05) is 32.8 Å². The topological polar surface area (TPSA) is 76.7 Å². The number of benzene rings is 1. The van der Waals surface area contributed by atoms with Gasteiger partial charge < -0.3 is 14.8 Å². The van der Waals surface area contributed by atoms with Gasteiger partial charge in [-0.25, -0.2) is 17.5 Å². The van der Waals surface area contributed by atoms with E-state index < -0.39 is 15.8 Å². The number of ether oxygens (including phenoxy) is 2. The van der Waals surface area contributed by atoms with Gasteiger partial charge >= 0.3 is 0 Å². The Hall–Kier alpha value is -1.22. The van der Waals surface area contributed by atoms with E-state index in [0.29, 0.717) is 19.7 Å². The van der Waals surface area contributed by atoms with Crippen LogP contribution in [0.2, 0.25) is 0 Å². The maximum absolute atomic E-state index is 13.2. The first-order valence-corrected chi connectivity index (χ1v) is 7.52. The molecule has 1 rings (SSSR count). The molecule has 0 atom stereocenters. The van der Waals surface area contributed by atoms with Gasteiger partial charge in [0.15, 0.2) is 11.6 Å². The Labute approximate surface area is 118 Å². The molecule has 0 saturated carbocycles. The molecule has 114 valence electrons. The lowest BCUT2D eigenvalue weighted by Gasteiger charge is -2.09. The van der Waals surface area contributed by atoms with E-state index in [9.17, 15) is 12.8 Å². The second-order valence-electron chi connectivity index (χ2n) is 3.94. The molecule has 0 aliphatic carbocycles. The van der Waals surface area contributed by atoms with Gasteiger partial charge in [0.25, 0.3) is 0 Å². The number of sulfonamides is 1. The minimum Gasteiger partial charge on any atom is -0.494 e. The van der Waals surface area contributed by atoms with Crippen molar-refractivity contribution < 1.29 is 22.3 Å². The fourth-order valence-corrected chi connectivity index (χ4v) is 2.51. The van der Waals surface area contributed by atoms with Crippen molar-refractivity contribution in [2.24, 2.45) is 0 Å². The summed E-state index contributed by atoms with van der Waals surface area (Å²) in [7, 11) is -0.801. The van der Waals surface area contributed by atoms with Crippen LogP contribution in [0.15, 0.2) is 23.1 Å². The molecule has 2 N–H and O–H groups in total. The smallest absolute Gasteiger partial charge is 0.240 e. The first-order chi connectivity index (χ1) is 9.51. The van der Waals surface area contributed by atoms with Crippen molar-refractivity contribution in [1.29, 1.82) is 0 Å². The lowest BCUT2D eigenvalue weighted by molar-refractivity contribution is 0.199. The molecule has 0 heterocycles. The highest BCUT2D eigenvalue weighted by Gasteiger charge is 2.15. The normalized spacial score (nSPS) is 11.6. The van der Waals surface area contributed by atoms with Crippen LogP contribution in [0, 0.1) is 5.82 Å². The van der Waals surface area contributed by atoms with Crippen LogP contribution >= 0.6 is 0 Å². The largest absolute Gasteiger partial charge is 0.494 e. The Morgan fingerprint density at radius 1 is 1.20 bits per heavy atom. The summed E-state index contributed by atoms with van der Waals surface area (Å²) < 4.78 is 49.2. The van der Waals surface area contributed by atoms with Crippen molar-refractivity contribution in [3.63, 3.8) is 0 Å². The van der Waals surface area contributed by atoms with E-state index in [4.69, 9.17) is 9.47 Å². The van der Waals surface area contributed by atoms with Crippen molar-refractivity contribution in [3.8, 4) is 5.75 Å². The summed E-state index contributed by atoms with van der Waals surface area (Å²) in [5.74, 6) is -0.709. The Bertz CT molecular complexity index is 522. The Kier molecular flexibility index (Phi) is 6.86. The Morgan fingerprint density at radius 2 is 1.95 bits per heavy atom. The molecule has 0 bridgehead atoms. The van der Waals surface area contributed by atoms with Gasteiger partial charge in [-0.15, -0.1) is 0 Å². The van der Waals surface area contributed by atoms with Crippen LogP contribution in [0.3, 0.4) is 0 Å². The standard InChI is InChI=1S/C12H19FN2O4S/c1-18-8-7-14-5-6-15-20(16,17)10-3-4-11(13)12(9-10)19-2/h3-4,9,14-15H,5-8H2,1-2H3. The van der Waals surface area contributed by atoms with Gasteiger partial charge in [-0.2, -0.15) is 0 Å². The van der Waals surface area contributed by atoms with Gasteiger partial charge in [-0.1, -0.05) is 0 Å². The van der Waals surface area contributed by atoms with E-state index in [1.807, 2.05) is 0 Å². The summed E-state index contributed by atoms with van der Waals surface area (Å²) in [6.07, 6.45) is 0. The third-order valence-electron chi connectivity index (χ3n) is 2.51. The van der Waals surface area contributed by atoms with Gasteiger partial charge in [-0.05, 0) is 12.1 Å². The fourth-order valence-electron chi connectivity index (χ4n) is 1.46. The van der Waals surface area contributed by atoms with Crippen molar-refractivity contribution in [1.82, 2.24) is 10.0 Å². The molecule has 0 fully saturated rings. The first kappa shape index (κ1) is 16.8. The molecular weight excluding hydrogens is 287 g/mol. The number of hydrogen-bond donors (Lipinski definition) is 2. The van der Waals surface area contributed by atoms with Crippen LogP contribution in [-0.4, -0.2) is 48.9 Å². The summed E-state index contributed by atoms with van der Waals surface area (Å²) in [5, 5.41) is 3.01. The summed E-state index contributed by atoms with van der Waals surface area (Å²) in [4.78, 5) is -0.0346. The molecule has 0 radical (unpaired) electrons. The summed E-state index contributed by atoms with van der Waals surface area (Å²) >= 11 is 0. The fraction of sp³-hybridized carbons (Fsp3) is 0.500. The number of methoxy groups -OCH3 is 2. The predicted octanol–water partition coefficient (Wildman–Crippen LogP) is 0.349. The average molecular weight is 306 g/mol. The van der Waals surface area contributed by atoms with Crippen LogP contribution < -0.4 is 14.8 Å². The van der Waals surface area contributed by atoms with Gasteiger partial charge in [0.05, 0.1) is 18.6 Å². The number of rotatable bonds is 9. The van der Waals surface area contributed by atoms with Crippen molar-refractivity contribution in [3.05, 3.63) is 24.0 Å². The highest BCUT2D eigenvalue weighted by Crippen LogP contribution is 2.20. The molecule has 0 saturated heterocycles. The number of nitrogens with one attached hydrogen (secondary N) is 2. The zero-order valence-corrected chi connectivity index (χ0v) is 12.3. The summed E-state index contributed by atoms with van der Waals surface area (Å²) in [5.41, 5.74) is 0. The van der Waals surface area contributed by atoms with Crippen LogP contribution in [0.5, 0.6) is 5.75 Å². The summed E-state index contributed by atoms with van der Waals surface area (Å²) in [6.45, 7) is 1.90. The lowest BCUT2D eigenvalue weighted by atomic mass is 10.3. The Morgan fingerprint density at radius 3 is 2.60 bits per heavy atom. The second-order valence-corrected chi connectivity index (χ2v) is 5.70. The molecule has 0 aliphatic rings. The zero-order chi connectivity index (χ0) is 15.0. The Balaban J connectivity index is 2.56. The van der Waals surface area contributed by atoms with Crippen LogP contribution in [0.1, 0.15) is 0 Å². The van der Waals surface area contributed by atoms with Crippen molar-refractivity contribution in [2.75, 3.05) is 40.5 Å². The molecule has 0 aromatic heterocycles. The lowest BCUT2D eigenvalue weighted by Crippen LogP contribution is -2.33.